The van der Waals surface area contributed by atoms with Crippen LogP contribution in [0.5, 0.6) is 5.75 Å². The van der Waals surface area contributed by atoms with Gasteiger partial charge in [0.25, 0.3) is 0 Å². The van der Waals surface area contributed by atoms with Gasteiger partial charge in [-0.2, -0.15) is 10.1 Å². The van der Waals surface area contributed by atoms with Crippen molar-refractivity contribution in [2.24, 2.45) is 0 Å². The van der Waals surface area contributed by atoms with Gasteiger partial charge in [-0.3, -0.25) is 14.8 Å². The Morgan fingerprint density at radius 1 is 1.22 bits per heavy atom. The number of anilines is 2. The van der Waals surface area contributed by atoms with E-state index < -0.39 is 11.7 Å². The monoisotopic (exact) mass is 497 g/mol. The zero-order chi connectivity index (χ0) is 25.7. The van der Waals surface area contributed by atoms with Crippen LogP contribution in [0.25, 0.3) is 11.0 Å². The summed E-state index contributed by atoms with van der Waals surface area (Å²) in [4.78, 5) is 32.3. The van der Waals surface area contributed by atoms with Gasteiger partial charge < -0.3 is 24.8 Å². The number of hydrogen-bond acceptors (Lipinski definition) is 10. The van der Waals surface area contributed by atoms with Crippen LogP contribution < -0.4 is 20.7 Å². The number of nitrogens with zero attached hydrogens (tertiary/aromatic N) is 4. The van der Waals surface area contributed by atoms with E-state index in [1.165, 1.54) is 14.0 Å². The number of esters is 1. The summed E-state index contributed by atoms with van der Waals surface area (Å²) in [5.41, 5.74) is 2.33. The molecule has 0 radical (unpaired) electrons. The Balaban J connectivity index is 1.67. The van der Waals surface area contributed by atoms with Crippen molar-refractivity contribution in [3.63, 3.8) is 0 Å². The van der Waals surface area contributed by atoms with Gasteiger partial charge in [0.05, 0.1) is 27.0 Å². The molecular weight excluding hydrogens is 466 g/mol. The van der Waals surface area contributed by atoms with Crippen molar-refractivity contribution in [3.05, 3.63) is 35.5 Å². The average molecular weight is 498 g/mol. The lowest BCUT2D eigenvalue weighted by Crippen LogP contribution is -2.59. The molecule has 0 aliphatic carbocycles. The predicted octanol–water partition coefficient (Wildman–Crippen LogP) is 2.64. The summed E-state index contributed by atoms with van der Waals surface area (Å²) in [6.07, 6.45) is 2.94. The minimum Gasteiger partial charge on any atom is -0.496 e. The molecule has 192 valence electrons. The fraction of sp³-hybridized carbons (Fsp3) is 0.458. The smallest absolute Gasteiger partial charge is 0.413 e. The van der Waals surface area contributed by atoms with Crippen molar-refractivity contribution in [1.82, 2.24) is 25.1 Å². The first-order valence-corrected chi connectivity index (χ1v) is 11.8. The van der Waals surface area contributed by atoms with Gasteiger partial charge in [-0.1, -0.05) is 25.5 Å². The molecule has 1 saturated heterocycles. The molecule has 1 fully saturated rings. The SMILES string of the molecule is CCCCNc1nc(NC(=O)OC)nc2cnn(Cc3ccc(C4(OC(C)=O)CNC4)cc3OC)c12. The summed E-state index contributed by atoms with van der Waals surface area (Å²) < 4.78 is 17.8. The fourth-order valence-corrected chi connectivity index (χ4v) is 4.11. The highest BCUT2D eigenvalue weighted by atomic mass is 16.6. The van der Waals surface area contributed by atoms with Crippen molar-refractivity contribution in [3.8, 4) is 5.75 Å². The second kappa shape index (κ2) is 10.8. The zero-order valence-corrected chi connectivity index (χ0v) is 20.9. The van der Waals surface area contributed by atoms with Gasteiger partial charge in [0.2, 0.25) is 5.95 Å². The number of ether oxygens (including phenoxy) is 3. The summed E-state index contributed by atoms with van der Waals surface area (Å²) in [5.74, 6) is 1.01. The van der Waals surface area contributed by atoms with Crippen molar-refractivity contribution >= 4 is 34.9 Å². The van der Waals surface area contributed by atoms with Crippen LogP contribution in [0.1, 0.15) is 37.8 Å². The molecule has 3 heterocycles. The number of amides is 1. The molecule has 4 rings (SSSR count). The summed E-state index contributed by atoms with van der Waals surface area (Å²) in [7, 11) is 2.88. The van der Waals surface area contributed by atoms with Crippen LogP contribution >= 0.6 is 0 Å². The van der Waals surface area contributed by atoms with E-state index in [4.69, 9.17) is 9.47 Å². The van der Waals surface area contributed by atoms with Crippen molar-refractivity contribution in [2.45, 2.75) is 38.8 Å². The summed E-state index contributed by atoms with van der Waals surface area (Å²) in [5, 5.41) is 13.6. The summed E-state index contributed by atoms with van der Waals surface area (Å²) in [6.45, 7) is 5.70. The molecule has 0 saturated carbocycles. The predicted molar refractivity (Wildman–Crippen MR) is 133 cm³/mol. The maximum Gasteiger partial charge on any atom is 0.413 e. The number of nitrogens with one attached hydrogen (secondary N) is 3. The van der Waals surface area contributed by atoms with Gasteiger partial charge in [-0.05, 0) is 12.5 Å². The van der Waals surface area contributed by atoms with Crippen LogP contribution in [0.4, 0.5) is 16.6 Å². The minimum absolute atomic E-state index is 0.125. The number of aromatic nitrogens is 4. The second-order valence-electron chi connectivity index (χ2n) is 8.55. The molecule has 36 heavy (non-hydrogen) atoms. The molecule has 3 aromatic rings. The average Bonchev–Trinajstić information content (AvgIpc) is 3.24. The Labute approximate surface area is 208 Å². The molecule has 2 aromatic heterocycles. The molecule has 0 bridgehead atoms. The number of carbonyl (C=O) groups excluding carboxylic acids is 2. The highest BCUT2D eigenvalue weighted by Gasteiger charge is 2.42. The van der Waals surface area contributed by atoms with E-state index in [1.807, 2.05) is 18.2 Å². The third-order valence-corrected chi connectivity index (χ3v) is 6.00. The Hall–Kier alpha value is -3.93. The number of methoxy groups -OCH3 is 2. The van der Waals surface area contributed by atoms with Crippen LogP contribution in [0, 0.1) is 0 Å². The van der Waals surface area contributed by atoms with E-state index in [2.05, 4.69) is 42.7 Å². The molecule has 1 amide bonds. The van der Waals surface area contributed by atoms with Crippen molar-refractivity contribution in [1.29, 1.82) is 0 Å². The number of hydrogen-bond donors (Lipinski definition) is 3. The van der Waals surface area contributed by atoms with E-state index in [9.17, 15) is 9.59 Å². The first kappa shape index (κ1) is 25.2. The number of unbranched alkanes of at least 4 members (excludes halogenated alkanes) is 1. The van der Waals surface area contributed by atoms with Gasteiger partial charge >= 0.3 is 12.1 Å². The van der Waals surface area contributed by atoms with Crippen LogP contribution in [0.2, 0.25) is 0 Å². The van der Waals surface area contributed by atoms with Gasteiger partial charge in [0, 0.05) is 37.7 Å². The van der Waals surface area contributed by atoms with E-state index >= 15 is 0 Å². The molecule has 0 spiro atoms. The Bertz CT molecular complexity index is 1260. The number of fused-ring (bicyclic) bond motifs is 1. The number of carbonyl (C=O) groups is 2. The van der Waals surface area contributed by atoms with Crippen LogP contribution in [-0.2, 0) is 26.4 Å². The Kier molecular flexibility index (Phi) is 7.53. The summed E-state index contributed by atoms with van der Waals surface area (Å²) in [6, 6.07) is 5.80. The molecule has 1 aliphatic heterocycles. The Morgan fingerprint density at radius 3 is 2.67 bits per heavy atom. The molecule has 0 atom stereocenters. The topological polar surface area (TPSA) is 142 Å². The minimum atomic E-state index is -0.691. The van der Waals surface area contributed by atoms with E-state index in [1.54, 1.807) is 18.0 Å². The molecule has 1 aliphatic rings. The van der Waals surface area contributed by atoms with Gasteiger partial charge in [0.15, 0.2) is 11.4 Å². The van der Waals surface area contributed by atoms with Gasteiger partial charge in [-0.25, -0.2) is 9.78 Å². The molecule has 1 aromatic carbocycles. The lowest BCUT2D eigenvalue weighted by Gasteiger charge is -2.42. The van der Waals surface area contributed by atoms with Crippen molar-refractivity contribution in [2.75, 3.05) is 44.5 Å². The second-order valence-corrected chi connectivity index (χ2v) is 8.55. The summed E-state index contributed by atoms with van der Waals surface area (Å²) >= 11 is 0. The highest BCUT2D eigenvalue weighted by Crippen LogP contribution is 2.34. The molecule has 12 nitrogen and oxygen atoms in total. The highest BCUT2D eigenvalue weighted by molar-refractivity contribution is 5.89. The van der Waals surface area contributed by atoms with Crippen molar-refractivity contribution < 1.29 is 23.8 Å². The van der Waals surface area contributed by atoms with E-state index in [0.717, 1.165) is 24.0 Å². The maximum absolute atomic E-state index is 11.7. The van der Waals surface area contributed by atoms with E-state index in [0.29, 0.717) is 48.8 Å². The van der Waals surface area contributed by atoms with Crippen LogP contribution in [0.15, 0.2) is 24.4 Å². The van der Waals surface area contributed by atoms with Gasteiger partial charge in [0.1, 0.15) is 16.8 Å². The lowest BCUT2D eigenvalue weighted by molar-refractivity contribution is -0.164. The molecule has 3 N–H and O–H groups in total. The third kappa shape index (κ3) is 5.18. The first-order chi connectivity index (χ1) is 17.4. The Morgan fingerprint density at radius 2 is 2.03 bits per heavy atom. The van der Waals surface area contributed by atoms with Crippen LogP contribution in [0.3, 0.4) is 0 Å². The largest absolute Gasteiger partial charge is 0.496 e. The lowest BCUT2D eigenvalue weighted by atomic mass is 9.87. The maximum atomic E-state index is 11.7. The quantitative estimate of drug-likeness (QED) is 0.283. The van der Waals surface area contributed by atoms with Crippen LogP contribution in [-0.4, -0.2) is 65.7 Å². The number of benzene rings is 1. The molecule has 12 heteroatoms. The normalized spacial score (nSPS) is 14.1. The first-order valence-electron chi connectivity index (χ1n) is 11.8. The molecular formula is C24H31N7O5. The zero-order valence-electron chi connectivity index (χ0n) is 20.9. The number of rotatable bonds is 10. The van der Waals surface area contributed by atoms with Gasteiger partial charge in [-0.15, -0.1) is 0 Å². The standard InChI is InChI=1S/C24H31N7O5/c1-5-6-9-26-21-20-18(28-22(29-21)30-23(33)35-4)11-27-31(20)12-16-7-8-17(10-19(16)34-3)24(13-25-14-24)36-15(2)32/h7-8,10-11,25H,5-6,9,12-14H2,1-4H3,(H2,26,28,29,30,33). The molecule has 0 unspecified atom stereocenters. The third-order valence-electron chi connectivity index (χ3n) is 6.00. The van der Waals surface area contributed by atoms with E-state index in [-0.39, 0.29) is 11.9 Å². The fourth-order valence-electron chi connectivity index (χ4n) is 4.11.